The summed E-state index contributed by atoms with van der Waals surface area (Å²) in [5.41, 5.74) is -0.0837. The van der Waals surface area contributed by atoms with Crippen molar-refractivity contribution in [3.8, 4) is 6.07 Å². The van der Waals surface area contributed by atoms with Crippen LogP contribution in [0, 0.1) is 21.4 Å². The number of nitrogens with one attached hydrogen (secondary N) is 1. The number of non-ortho nitro benzene ring substituents is 1. The molecule has 0 spiro atoms. The van der Waals surface area contributed by atoms with E-state index >= 15 is 0 Å². The summed E-state index contributed by atoms with van der Waals surface area (Å²) in [7, 11) is 0. The molecule has 0 atom stereocenters. The second kappa shape index (κ2) is 6.68. The molecule has 0 unspecified atom stereocenters. The van der Waals surface area contributed by atoms with Gasteiger partial charge >= 0.3 is 0 Å². The van der Waals surface area contributed by atoms with Gasteiger partial charge in [0.1, 0.15) is 11.6 Å². The number of carbonyl (C=O) groups is 1. The lowest BCUT2D eigenvalue weighted by Crippen LogP contribution is -2.30. The molecular formula is C13H12ClN3O3. The molecule has 0 radical (unpaired) electrons. The van der Waals surface area contributed by atoms with Crippen molar-refractivity contribution in [2.24, 2.45) is 0 Å². The van der Waals surface area contributed by atoms with E-state index in [1.165, 1.54) is 24.3 Å². The Hall–Kier alpha value is -2.39. The van der Waals surface area contributed by atoms with Gasteiger partial charge in [-0.3, -0.25) is 14.9 Å². The SMILES string of the molecule is CC(C)NC(=O)/C(C#N)=C\c1cc([N+](=O)[O-])ccc1Cl. The first-order valence-corrected chi connectivity index (χ1v) is 6.09. The maximum Gasteiger partial charge on any atom is 0.270 e. The number of halogens is 1. The first-order valence-electron chi connectivity index (χ1n) is 5.71. The van der Waals surface area contributed by atoms with Gasteiger partial charge in [0, 0.05) is 28.8 Å². The van der Waals surface area contributed by atoms with Crippen LogP contribution in [0.2, 0.25) is 5.02 Å². The molecule has 1 aromatic carbocycles. The van der Waals surface area contributed by atoms with Crippen LogP contribution in [0.4, 0.5) is 5.69 Å². The number of nitriles is 1. The molecule has 1 N–H and O–H groups in total. The van der Waals surface area contributed by atoms with E-state index < -0.39 is 10.8 Å². The average molecular weight is 294 g/mol. The standard InChI is InChI=1S/C13H12ClN3O3/c1-8(2)16-13(18)10(7-15)5-9-6-11(17(19)20)3-4-12(9)14/h3-6,8H,1-2H3,(H,16,18)/b10-5-. The van der Waals surface area contributed by atoms with E-state index in [0.29, 0.717) is 0 Å². The highest BCUT2D eigenvalue weighted by Gasteiger charge is 2.13. The molecule has 7 heteroatoms. The van der Waals surface area contributed by atoms with Gasteiger partial charge in [-0.05, 0) is 26.0 Å². The molecule has 0 heterocycles. The molecule has 1 amide bonds. The molecule has 0 fully saturated rings. The van der Waals surface area contributed by atoms with Gasteiger partial charge in [-0.15, -0.1) is 0 Å². The Morgan fingerprint density at radius 1 is 1.55 bits per heavy atom. The van der Waals surface area contributed by atoms with Gasteiger partial charge < -0.3 is 5.32 Å². The minimum Gasteiger partial charge on any atom is -0.349 e. The third-order valence-corrected chi connectivity index (χ3v) is 2.62. The predicted molar refractivity (Wildman–Crippen MR) is 75.0 cm³/mol. The lowest BCUT2D eigenvalue weighted by atomic mass is 10.1. The highest BCUT2D eigenvalue weighted by atomic mass is 35.5. The number of rotatable bonds is 4. The second-order valence-corrected chi connectivity index (χ2v) is 4.67. The van der Waals surface area contributed by atoms with Crippen molar-refractivity contribution >= 4 is 29.3 Å². The molecule has 0 bridgehead atoms. The van der Waals surface area contributed by atoms with Crippen molar-refractivity contribution < 1.29 is 9.72 Å². The van der Waals surface area contributed by atoms with Crippen molar-refractivity contribution in [3.63, 3.8) is 0 Å². The number of benzene rings is 1. The van der Waals surface area contributed by atoms with Crippen LogP contribution in [-0.2, 0) is 4.79 Å². The fourth-order valence-electron chi connectivity index (χ4n) is 1.40. The van der Waals surface area contributed by atoms with Gasteiger partial charge in [0.25, 0.3) is 11.6 Å². The maximum absolute atomic E-state index is 11.7. The van der Waals surface area contributed by atoms with Crippen molar-refractivity contribution in [2.75, 3.05) is 0 Å². The predicted octanol–water partition coefficient (Wildman–Crippen LogP) is 2.68. The molecule has 0 aliphatic heterocycles. The van der Waals surface area contributed by atoms with Crippen LogP contribution >= 0.6 is 11.6 Å². The molecule has 0 aliphatic carbocycles. The van der Waals surface area contributed by atoms with Gasteiger partial charge in [-0.1, -0.05) is 11.6 Å². The van der Waals surface area contributed by atoms with Crippen LogP contribution in [-0.4, -0.2) is 16.9 Å². The Morgan fingerprint density at radius 2 is 2.20 bits per heavy atom. The zero-order chi connectivity index (χ0) is 15.3. The summed E-state index contributed by atoms with van der Waals surface area (Å²) in [6, 6.07) is 5.44. The first-order chi connectivity index (χ1) is 9.35. The minimum atomic E-state index is -0.575. The Labute approximate surface area is 120 Å². The smallest absolute Gasteiger partial charge is 0.270 e. The lowest BCUT2D eigenvalue weighted by molar-refractivity contribution is -0.384. The molecule has 20 heavy (non-hydrogen) atoms. The van der Waals surface area contributed by atoms with Crippen LogP contribution in [0.3, 0.4) is 0 Å². The van der Waals surface area contributed by atoms with Crippen molar-refractivity contribution in [1.29, 1.82) is 5.26 Å². The number of nitro benzene ring substituents is 1. The first kappa shape index (κ1) is 15.7. The van der Waals surface area contributed by atoms with Crippen molar-refractivity contribution in [1.82, 2.24) is 5.32 Å². The highest BCUT2D eigenvalue weighted by Crippen LogP contribution is 2.24. The normalized spacial score (nSPS) is 11.1. The summed E-state index contributed by atoms with van der Waals surface area (Å²) in [5.74, 6) is -0.551. The summed E-state index contributed by atoms with van der Waals surface area (Å²) in [5, 5.41) is 22.5. The summed E-state index contributed by atoms with van der Waals surface area (Å²) in [6.07, 6.45) is 1.23. The molecule has 0 aromatic heterocycles. The number of hydrogen-bond acceptors (Lipinski definition) is 4. The molecule has 1 aromatic rings. The zero-order valence-electron chi connectivity index (χ0n) is 10.9. The zero-order valence-corrected chi connectivity index (χ0v) is 11.6. The van der Waals surface area contributed by atoms with Crippen LogP contribution in [0.1, 0.15) is 19.4 Å². The number of nitrogens with zero attached hydrogens (tertiary/aromatic N) is 2. The van der Waals surface area contributed by atoms with E-state index in [0.717, 1.165) is 0 Å². The summed E-state index contributed by atoms with van der Waals surface area (Å²) >= 11 is 5.90. The van der Waals surface area contributed by atoms with Crippen molar-refractivity contribution in [2.45, 2.75) is 19.9 Å². The fraction of sp³-hybridized carbons (Fsp3) is 0.231. The Balaban J connectivity index is 3.19. The van der Waals surface area contributed by atoms with Crippen LogP contribution in [0.5, 0.6) is 0 Å². The molecular weight excluding hydrogens is 282 g/mol. The van der Waals surface area contributed by atoms with E-state index in [1.54, 1.807) is 19.9 Å². The van der Waals surface area contributed by atoms with Crippen LogP contribution in [0.25, 0.3) is 6.08 Å². The number of amides is 1. The topological polar surface area (TPSA) is 96.0 Å². The van der Waals surface area contributed by atoms with E-state index in [4.69, 9.17) is 16.9 Å². The molecule has 1 rings (SSSR count). The third-order valence-electron chi connectivity index (χ3n) is 2.28. The average Bonchev–Trinajstić information content (AvgIpc) is 2.36. The minimum absolute atomic E-state index is 0.125. The van der Waals surface area contributed by atoms with Gasteiger partial charge in [0.05, 0.1) is 4.92 Å². The summed E-state index contributed by atoms with van der Waals surface area (Å²) < 4.78 is 0. The van der Waals surface area contributed by atoms with E-state index in [-0.39, 0.29) is 27.9 Å². The van der Waals surface area contributed by atoms with Gasteiger partial charge in [0.15, 0.2) is 0 Å². The molecule has 104 valence electrons. The van der Waals surface area contributed by atoms with E-state index in [1.807, 2.05) is 0 Å². The fourth-order valence-corrected chi connectivity index (χ4v) is 1.57. The van der Waals surface area contributed by atoms with Gasteiger partial charge in [-0.25, -0.2) is 0 Å². The monoisotopic (exact) mass is 293 g/mol. The van der Waals surface area contributed by atoms with Crippen molar-refractivity contribution in [3.05, 3.63) is 44.5 Å². The number of hydrogen-bond donors (Lipinski definition) is 1. The maximum atomic E-state index is 11.7. The quantitative estimate of drug-likeness (QED) is 0.399. The molecule has 0 saturated carbocycles. The molecule has 0 saturated heterocycles. The van der Waals surface area contributed by atoms with Gasteiger partial charge in [-0.2, -0.15) is 5.26 Å². The Kier molecular flexibility index (Phi) is 5.23. The third kappa shape index (κ3) is 4.07. The van der Waals surface area contributed by atoms with Crippen LogP contribution < -0.4 is 5.32 Å². The lowest BCUT2D eigenvalue weighted by Gasteiger charge is -2.07. The van der Waals surface area contributed by atoms with Crippen LogP contribution in [0.15, 0.2) is 23.8 Å². The summed E-state index contributed by atoms with van der Waals surface area (Å²) in [6.45, 7) is 3.51. The van der Waals surface area contributed by atoms with E-state index in [2.05, 4.69) is 5.32 Å². The van der Waals surface area contributed by atoms with E-state index in [9.17, 15) is 14.9 Å². The number of carbonyl (C=O) groups excluding carboxylic acids is 1. The molecule has 6 nitrogen and oxygen atoms in total. The Morgan fingerprint density at radius 3 is 2.70 bits per heavy atom. The molecule has 0 aliphatic rings. The highest BCUT2D eigenvalue weighted by molar-refractivity contribution is 6.32. The largest absolute Gasteiger partial charge is 0.349 e. The summed E-state index contributed by atoms with van der Waals surface area (Å²) in [4.78, 5) is 21.9. The van der Waals surface area contributed by atoms with Gasteiger partial charge in [0.2, 0.25) is 0 Å². The Bertz CT molecular complexity index is 618. The second-order valence-electron chi connectivity index (χ2n) is 4.26. The number of nitro groups is 1.